The van der Waals surface area contributed by atoms with Gasteiger partial charge in [-0.3, -0.25) is 4.57 Å². The number of hydrogen-bond donors (Lipinski definition) is 0. The zero-order valence-corrected chi connectivity index (χ0v) is 80.0. The molecule has 0 amide bonds. The lowest BCUT2D eigenvalue weighted by Gasteiger charge is -2.11. The highest BCUT2D eigenvalue weighted by Crippen LogP contribution is 2.51. The van der Waals surface area contributed by atoms with Crippen LogP contribution >= 0.6 is 0 Å². The van der Waals surface area contributed by atoms with Crippen molar-refractivity contribution >= 4 is 218 Å². The molecule has 33 rings (SSSR count). The zero-order chi connectivity index (χ0) is 97.6. The molecule has 0 saturated carbocycles. The third kappa shape index (κ3) is 13.0. The van der Waals surface area contributed by atoms with Gasteiger partial charge in [0.2, 0.25) is 5.95 Å². The summed E-state index contributed by atoms with van der Waals surface area (Å²) in [7, 11) is 0. The lowest BCUT2D eigenvalue weighted by molar-refractivity contribution is 0.670. The number of hydrogen-bond acceptors (Lipinski definition) is 7. The molecule has 0 radical (unpaired) electrons. The highest BCUT2D eigenvalue weighted by molar-refractivity contribution is 6.32. The van der Waals surface area contributed by atoms with Crippen LogP contribution in [0, 0.1) is 0 Å². The van der Waals surface area contributed by atoms with E-state index < -0.39 is 0 Å². The van der Waals surface area contributed by atoms with Gasteiger partial charge in [0.1, 0.15) is 22.3 Å². The fourth-order valence-corrected chi connectivity index (χ4v) is 23.8. The second-order valence-corrected chi connectivity index (χ2v) is 38.5. The summed E-state index contributed by atoms with van der Waals surface area (Å²) in [6.07, 6.45) is 0. The summed E-state index contributed by atoms with van der Waals surface area (Å²) in [5, 5.41) is 25.8. The Kier molecular flexibility index (Phi) is 18.5. The Morgan fingerprint density at radius 2 is 0.490 bits per heavy atom. The van der Waals surface area contributed by atoms with Gasteiger partial charge < -0.3 is 36.1 Å². The molecule has 694 valence electrons. The van der Waals surface area contributed by atoms with Gasteiger partial charge in [-0.2, -0.15) is 9.97 Å². The highest BCUT2D eigenvalue weighted by atomic mass is 16.3. The lowest BCUT2D eigenvalue weighted by Crippen LogP contribution is -2.06. The first kappa shape index (κ1) is 83.3. The van der Waals surface area contributed by atoms with E-state index in [1.165, 1.54) is 81.1 Å². The molecule has 149 heavy (non-hydrogen) atoms. The number of furan rings is 3. The van der Waals surface area contributed by atoms with Gasteiger partial charge in [0.15, 0.2) is 28.4 Å². The highest BCUT2D eigenvalue weighted by Gasteiger charge is 2.30. The number of para-hydroxylation sites is 8. The van der Waals surface area contributed by atoms with Gasteiger partial charge in [0, 0.05) is 148 Å². The molecule has 0 unspecified atom stereocenters. The maximum absolute atomic E-state index is 6.88. The summed E-state index contributed by atoms with van der Waals surface area (Å²) in [5.74, 6) is 1.73. The normalized spacial score (nSPS) is 12.0. The van der Waals surface area contributed by atoms with Crippen molar-refractivity contribution < 1.29 is 13.3 Å². The average Bonchev–Trinajstić information content (AvgIpc) is 1.54. The Hall–Kier alpha value is -20.3. The molecular weight excluding hydrogens is 1820 g/mol. The van der Waals surface area contributed by atoms with Crippen LogP contribution in [0.15, 0.2) is 511 Å². The van der Waals surface area contributed by atoms with Crippen LogP contribution in [0.2, 0.25) is 0 Å². The Balaban J connectivity index is 0.000000102. The predicted molar refractivity (Wildman–Crippen MR) is 615 cm³/mol. The van der Waals surface area contributed by atoms with Gasteiger partial charge in [-0.1, -0.05) is 328 Å². The third-order valence-electron chi connectivity index (χ3n) is 30.3. The van der Waals surface area contributed by atoms with Crippen molar-refractivity contribution in [1.29, 1.82) is 0 Å². The molecule has 0 aliphatic rings. The zero-order valence-electron chi connectivity index (χ0n) is 80.0. The Labute approximate surface area is 850 Å². The topological polar surface area (TPSA) is 121 Å². The molecule has 11 heterocycles. The summed E-state index contributed by atoms with van der Waals surface area (Å²) < 4.78 is 34.4. The Morgan fingerprint density at radius 3 is 1.01 bits per heavy atom. The first-order valence-corrected chi connectivity index (χ1v) is 50.5. The van der Waals surface area contributed by atoms with Gasteiger partial charge in [0.05, 0.1) is 72.1 Å². The van der Waals surface area contributed by atoms with Crippen LogP contribution in [-0.2, 0) is 0 Å². The molecule has 13 nitrogen and oxygen atoms in total. The van der Waals surface area contributed by atoms with Gasteiger partial charge in [-0.25, -0.2) is 9.97 Å². The molecule has 0 saturated heterocycles. The van der Waals surface area contributed by atoms with Crippen LogP contribution < -0.4 is 0 Å². The first-order valence-electron chi connectivity index (χ1n) is 50.5. The van der Waals surface area contributed by atoms with Crippen molar-refractivity contribution in [3.05, 3.63) is 497 Å². The van der Waals surface area contributed by atoms with Crippen molar-refractivity contribution in [2.75, 3.05) is 0 Å². The third-order valence-corrected chi connectivity index (χ3v) is 30.3. The van der Waals surface area contributed by atoms with E-state index in [2.05, 4.69) is 440 Å². The molecule has 22 aromatic carbocycles. The van der Waals surface area contributed by atoms with Crippen molar-refractivity contribution in [2.45, 2.75) is 0 Å². The Morgan fingerprint density at radius 1 is 0.154 bits per heavy atom. The number of fused-ring (bicyclic) bond motifs is 34. The van der Waals surface area contributed by atoms with E-state index in [0.29, 0.717) is 17.6 Å². The van der Waals surface area contributed by atoms with E-state index in [1.807, 2.05) is 84.9 Å². The van der Waals surface area contributed by atoms with E-state index in [9.17, 15) is 0 Å². The standard InChI is InChI=1S/C51H31N3O.C45H27N5O.C40H24N2O/c1-4-14-33(15-5-1)43-21-12-22-44(52-43)34-23-27-45-40(29-34)42-30-41-38-25-26-39-49-37-20-11-10-13-32(37)24-28-48(49)55-51(39)50(38)54(36-18-8-3-9-19-36)47(41)31-46(42)53(45)35-16-6-2-7-17-35;1-4-14-28(15-5-1)43-46-44(29-16-6-2-7-17-29)48-45(47-43)50-39-27-38-35(31-20-10-12-22-37(31)49(38)30-18-8-3-9-19-30)26-36(39)33-24-25-34-32-21-11-13-23-40(32)51-42(34)41(33)50;1-3-12-26(13-4-1)41-34-22-19-25-11-7-8-16-28(25)38(34)33-23-32-30-20-21-31-29-17-9-10-18-37(29)43-40(31)39(30)42(35(32)24-36(33)41)27-14-5-2-6-15-27/h1-31H;1-27H;1-24H. The summed E-state index contributed by atoms with van der Waals surface area (Å²) in [5.41, 5.74) is 30.1. The van der Waals surface area contributed by atoms with Gasteiger partial charge in [-0.15, -0.1) is 0 Å². The minimum absolute atomic E-state index is 0.525. The van der Waals surface area contributed by atoms with Gasteiger partial charge in [-0.05, 0) is 191 Å². The molecule has 0 spiro atoms. The molecule has 0 bridgehead atoms. The second-order valence-electron chi connectivity index (χ2n) is 38.5. The molecule has 13 heteroatoms. The monoisotopic (exact) mass is 1900 g/mol. The van der Waals surface area contributed by atoms with E-state index in [0.717, 1.165) is 199 Å². The number of aromatic nitrogens is 10. The summed E-state index contributed by atoms with van der Waals surface area (Å²) in [6, 6.07) is 176. The van der Waals surface area contributed by atoms with Crippen molar-refractivity contribution in [2.24, 2.45) is 0 Å². The molecule has 0 aliphatic heterocycles. The Bertz CT molecular complexity index is 11300. The molecule has 0 fully saturated rings. The maximum Gasteiger partial charge on any atom is 0.238 e. The summed E-state index contributed by atoms with van der Waals surface area (Å²) in [6.45, 7) is 0. The minimum atomic E-state index is 0.525. The van der Waals surface area contributed by atoms with E-state index in [-0.39, 0.29) is 0 Å². The smallest absolute Gasteiger partial charge is 0.238 e. The van der Waals surface area contributed by atoms with Crippen molar-refractivity contribution in [3.8, 4) is 79.7 Å². The number of pyridine rings is 1. The largest absolute Gasteiger partial charge is 0.454 e. The fourth-order valence-electron chi connectivity index (χ4n) is 23.8. The van der Waals surface area contributed by atoms with E-state index >= 15 is 0 Å². The summed E-state index contributed by atoms with van der Waals surface area (Å²) >= 11 is 0. The maximum atomic E-state index is 6.88. The van der Waals surface area contributed by atoms with Crippen LogP contribution in [0.1, 0.15) is 0 Å². The number of rotatable bonds is 10. The molecule has 11 aromatic heterocycles. The fraction of sp³-hybridized carbons (Fsp3) is 0. The van der Waals surface area contributed by atoms with Crippen LogP contribution in [-0.4, -0.2) is 47.3 Å². The number of benzene rings is 22. The first-order chi connectivity index (χ1) is 73.9. The van der Waals surface area contributed by atoms with Crippen LogP contribution in [0.4, 0.5) is 0 Å². The summed E-state index contributed by atoms with van der Waals surface area (Å²) in [4.78, 5) is 20.6. The molecule has 0 aliphatic carbocycles. The minimum Gasteiger partial charge on any atom is -0.454 e. The molecule has 33 aromatic rings. The van der Waals surface area contributed by atoms with Crippen LogP contribution in [0.3, 0.4) is 0 Å². The SMILES string of the molecule is c1ccc(-c2cccc(-c3ccc4c(c3)c3cc5c6ccc7c(oc8ccc9ccccc9c87)c6n(-c6ccccc6)c5cc3n4-c3ccccc3)n2)cc1.c1ccc(-c2nc(-c3ccccc3)nc(-n3c4cc5c(cc4c4ccc6c7ccccc7oc6c43)c3ccccc3n5-c3ccccc3)n2)cc1.c1ccc(-n2c3cc4c(cc3c3c5ccccc5ccc32)c2ccc3c5ccccc5oc3c2n4-c2ccccc2)cc1. The van der Waals surface area contributed by atoms with Gasteiger partial charge in [0.25, 0.3) is 0 Å². The molecular formula is C136H82N10O3. The lowest BCUT2D eigenvalue weighted by atomic mass is 10.0. The van der Waals surface area contributed by atoms with Crippen LogP contribution in [0.25, 0.3) is 298 Å². The van der Waals surface area contributed by atoms with E-state index in [4.69, 9.17) is 33.2 Å². The number of nitrogens with zero attached hydrogens (tertiary/aromatic N) is 10. The quantitative estimate of drug-likeness (QED) is 0.134. The molecule has 0 N–H and O–H groups in total. The van der Waals surface area contributed by atoms with Crippen molar-refractivity contribution in [3.63, 3.8) is 0 Å². The average molecular weight is 1900 g/mol. The predicted octanol–water partition coefficient (Wildman–Crippen LogP) is 35.9. The van der Waals surface area contributed by atoms with Crippen LogP contribution in [0.5, 0.6) is 0 Å². The van der Waals surface area contributed by atoms with E-state index in [1.54, 1.807) is 0 Å². The van der Waals surface area contributed by atoms with Gasteiger partial charge >= 0.3 is 0 Å². The molecule has 0 atom stereocenters. The second kappa shape index (κ2) is 33.2. The van der Waals surface area contributed by atoms with Crippen molar-refractivity contribution in [1.82, 2.24) is 47.3 Å².